The molecular weight excluding hydrogens is 392 g/mol. The zero-order valence-electron chi connectivity index (χ0n) is 15.1. The minimum atomic E-state index is -3.45. The Bertz CT molecular complexity index is 878. The van der Waals surface area contributed by atoms with Crippen LogP contribution in [0, 0.1) is 0 Å². The summed E-state index contributed by atoms with van der Waals surface area (Å²) in [6, 6.07) is 11.0. The van der Waals surface area contributed by atoms with Crippen LogP contribution in [0.4, 0.5) is 0 Å². The van der Waals surface area contributed by atoms with Crippen LogP contribution in [0.25, 0.3) is 0 Å². The first kappa shape index (κ1) is 21.1. The molecule has 0 atom stereocenters. The van der Waals surface area contributed by atoms with Crippen molar-refractivity contribution >= 4 is 27.4 Å². The monoisotopic (exact) mass is 412 g/mol. The molecule has 27 heavy (non-hydrogen) atoms. The van der Waals surface area contributed by atoms with Gasteiger partial charge in [-0.3, -0.25) is 0 Å². The molecule has 0 aliphatic carbocycles. The van der Waals surface area contributed by atoms with Crippen LogP contribution in [0.1, 0.15) is 23.7 Å². The third kappa shape index (κ3) is 6.45. The molecule has 0 aromatic heterocycles. The molecule has 0 N–H and O–H groups in total. The van der Waals surface area contributed by atoms with Crippen molar-refractivity contribution in [2.75, 3.05) is 26.1 Å². The van der Waals surface area contributed by atoms with Crippen molar-refractivity contribution in [3.05, 3.63) is 53.1 Å². The summed E-state index contributed by atoms with van der Waals surface area (Å²) in [5, 5.41) is 0.121. The van der Waals surface area contributed by atoms with Gasteiger partial charge in [-0.15, -0.1) is 0 Å². The fourth-order valence-corrected chi connectivity index (χ4v) is 2.96. The predicted octanol–water partition coefficient (Wildman–Crippen LogP) is 3.77. The van der Waals surface area contributed by atoms with Gasteiger partial charge in [0.2, 0.25) is 0 Å². The highest BCUT2D eigenvalue weighted by Gasteiger charge is 2.16. The number of hydrogen-bond donors (Lipinski definition) is 0. The SMILES string of the molecule is CCCOc1ccc(OCCOC(=O)c2cc(S(C)(=O)=O)ccc2Cl)cc1. The molecule has 0 saturated carbocycles. The lowest BCUT2D eigenvalue weighted by Gasteiger charge is -2.10. The van der Waals surface area contributed by atoms with Crippen molar-refractivity contribution in [2.24, 2.45) is 0 Å². The van der Waals surface area contributed by atoms with E-state index in [1.807, 2.05) is 6.92 Å². The van der Waals surface area contributed by atoms with E-state index in [2.05, 4.69) is 0 Å². The van der Waals surface area contributed by atoms with Crippen molar-refractivity contribution in [3.63, 3.8) is 0 Å². The number of rotatable bonds is 9. The normalized spacial score (nSPS) is 11.1. The van der Waals surface area contributed by atoms with E-state index in [1.54, 1.807) is 24.3 Å². The van der Waals surface area contributed by atoms with E-state index in [0.717, 1.165) is 18.4 Å². The number of halogens is 1. The highest BCUT2D eigenvalue weighted by atomic mass is 35.5. The molecule has 0 bridgehead atoms. The van der Waals surface area contributed by atoms with Gasteiger partial charge in [0.1, 0.15) is 24.7 Å². The molecule has 0 heterocycles. The molecule has 0 aliphatic rings. The van der Waals surface area contributed by atoms with Gasteiger partial charge in [-0.05, 0) is 48.9 Å². The zero-order valence-corrected chi connectivity index (χ0v) is 16.7. The van der Waals surface area contributed by atoms with Gasteiger partial charge in [-0.2, -0.15) is 0 Å². The highest BCUT2D eigenvalue weighted by Crippen LogP contribution is 2.21. The molecular formula is C19H21ClO6S. The summed E-state index contributed by atoms with van der Waals surface area (Å²) in [6.45, 7) is 2.82. The van der Waals surface area contributed by atoms with Gasteiger partial charge in [-0.25, -0.2) is 13.2 Å². The Balaban J connectivity index is 1.86. The van der Waals surface area contributed by atoms with Gasteiger partial charge < -0.3 is 14.2 Å². The minimum Gasteiger partial charge on any atom is -0.494 e. The predicted molar refractivity (Wildman–Crippen MR) is 103 cm³/mol. The molecule has 2 rings (SSSR count). The molecule has 0 amide bonds. The van der Waals surface area contributed by atoms with Crippen LogP contribution in [0.15, 0.2) is 47.4 Å². The topological polar surface area (TPSA) is 78.9 Å². The average molecular weight is 413 g/mol. The van der Waals surface area contributed by atoms with Crippen LogP contribution < -0.4 is 9.47 Å². The third-order valence-electron chi connectivity index (χ3n) is 3.47. The molecule has 0 aliphatic heterocycles. The summed E-state index contributed by atoms with van der Waals surface area (Å²) >= 11 is 5.96. The summed E-state index contributed by atoms with van der Waals surface area (Å²) in [5.74, 6) is 0.667. The van der Waals surface area contributed by atoms with E-state index in [-0.39, 0.29) is 28.7 Å². The van der Waals surface area contributed by atoms with E-state index in [4.69, 9.17) is 25.8 Å². The van der Waals surface area contributed by atoms with Crippen molar-refractivity contribution in [3.8, 4) is 11.5 Å². The maximum Gasteiger partial charge on any atom is 0.339 e. The van der Waals surface area contributed by atoms with Crippen LogP contribution >= 0.6 is 11.6 Å². The first-order valence-electron chi connectivity index (χ1n) is 8.33. The number of ether oxygens (including phenoxy) is 3. The lowest BCUT2D eigenvalue weighted by molar-refractivity contribution is 0.0450. The zero-order chi connectivity index (χ0) is 19.9. The fraction of sp³-hybridized carbons (Fsp3) is 0.316. The number of carbonyl (C=O) groups is 1. The van der Waals surface area contributed by atoms with Crippen molar-refractivity contribution < 1.29 is 27.4 Å². The molecule has 6 nitrogen and oxygen atoms in total. The minimum absolute atomic E-state index is 0.000446. The Labute approximate surface area is 163 Å². The third-order valence-corrected chi connectivity index (χ3v) is 4.91. The van der Waals surface area contributed by atoms with Gasteiger partial charge in [-0.1, -0.05) is 18.5 Å². The van der Waals surface area contributed by atoms with E-state index in [0.29, 0.717) is 12.4 Å². The standard InChI is InChI=1S/C19H21ClO6S/c1-3-10-24-14-4-6-15(7-5-14)25-11-12-26-19(21)17-13-16(27(2,22)23)8-9-18(17)20/h4-9,13H,3,10-12H2,1-2H3. The Morgan fingerprint density at radius 3 is 2.11 bits per heavy atom. The van der Waals surface area contributed by atoms with Crippen LogP contribution in [-0.2, 0) is 14.6 Å². The molecule has 2 aromatic rings. The van der Waals surface area contributed by atoms with Gasteiger partial charge in [0, 0.05) is 6.26 Å². The Kier molecular flexibility index (Phi) is 7.50. The van der Waals surface area contributed by atoms with E-state index in [1.165, 1.54) is 18.2 Å². The van der Waals surface area contributed by atoms with E-state index >= 15 is 0 Å². The van der Waals surface area contributed by atoms with Crippen molar-refractivity contribution in [2.45, 2.75) is 18.2 Å². The summed E-state index contributed by atoms with van der Waals surface area (Å²) in [6.07, 6.45) is 1.98. The molecule has 0 unspecified atom stereocenters. The first-order chi connectivity index (χ1) is 12.8. The average Bonchev–Trinajstić information content (AvgIpc) is 2.63. The van der Waals surface area contributed by atoms with Crippen LogP contribution in [0.3, 0.4) is 0 Å². The van der Waals surface area contributed by atoms with Gasteiger partial charge in [0.25, 0.3) is 0 Å². The van der Waals surface area contributed by atoms with Crippen molar-refractivity contribution in [1.82, 2.24) is 0 Å². The number of esters is 1. The highest BCUT2D eigenvalue weighted by molar-refractivity contribution is 7.90. The van der Waals surface area contributed by atoms with Gasteiger partial charge in [0.15, 0.2) is 9.84 Å². The molecule has 8 heteroatoms. The summed E-state index contributed by atoms with van der Waals surface area (Å²) in [4.78, 5) is 12.1. The van der Waals surface area contributed by atoms with E-state index in [9.17, 15) is 13.2 Å². The second kappa shape index (κ2) is 9.62. The van der Waals surface area contributed by atoms with Crippen LogP contribution in [0.5, 0.6) is 11.5 Å². The maximum absolute atomic E-state index is 12.1. The quantitative estimate of drug-likeness (QED) is 0.460. The van der Waals surface area contributed by atoms with Gasteiger partial charge >= 0.3 is 5.97 Å². The number of carbonyl (C=O) groups excluding carboxylic acids is 1. The van der Waals surface area contributed by atoms with Crippen LogP contribution in [-0.4, -0.2) is 40.5 Å². The molecule has 2 aromatic carbocycles. The number of hydrogen-bond acceptors (Lipinski definition) is 6. The Morgan fingerprint density at radius 1 is 0.963 bits per heavy atom. The smallest absolute Gasteiger partial charge is 0.339 e. The lowest BCUT2D eigenvalue weighted by atomic mass is 10.2. The number of benzene rings is 2. The lowest BCUT2D eigenvalue weighted by Crippen LogP contribution is -2.13. The Hall–Kier alpha value is -2.25. The summed E-state index contributed by atoms with van der Waals surface area (Å²) in [7, 11) is -3.45. The Morgan fingerprint density at radius 2 is 1.56 bits per heavy atom. The second-order valence-corrected chi connectivity index (χ2v) is 8.14. The maximum atomic E-state index is 12.1. The molecule has 0 radical (unpaired) electrons. The second-order valence-electron chi connectivity index (χ2n) is 5.72. The molecule has 0 saturated heterocycles. The molecule has 146 valence electrons. The molecule has 0 fully saturated rings. The first-order valence-corrected chi connectivity index (χ1v) is 10.6. The van der Waals surface area contributed by atoms with Crippen molar-refractivity contribution in [1.29, 1.82) is 0 Å². The fourth-order valence-electron chi connectivity index (χ4n) is 2.12. The van der Waals surface area contributed by atoms with E-state index < -0.39 is 15.8 Å². The van der Waals surface area contributed by atoms with Gasteiger partial charge in [0.05, 0.1) is 22.1 Å². The summed E-state index contributed by atoms with van der Waals surface area (Å²) < 4.78 is 39.3. The largest absolute Gasteiger partial charge is 0.494 e. The number of sulfone groups is 1. The van der Waals surface area contributed by atoms with Crippen LogP contribution in [0.2, 0.25) is 5.02 Å². The molecule has 0 spiro atoms. The summed E-state index contributed by atoms with van der Waals surface area (Å²) in [5.41, 5.74) is -0.00276.